The van der Waals surface area contributed by atoms with Gasteiger partial charge in [0.1, 0.15) is 5.75 Å². The zero-order chi connectivity index (χ0) is 23.5. The number of ether oxygens (including phenoxy) is 1. The third-order valence-corrected chi connectivity index (χ3v) is 6.59. The molecule has 1 aliphatic rings. The lowest BCUT2D eigenvalue weighted by atomic mass is 10.0. The van der Waals surface area contributed by atoms with Crippen LogP contribution in [0.3, 0.4) is 0 Å². The van der Waals surface area contributed by atoms with Crippen molar-refractivity contribution in [3.63, 3.8) is 0 Å². The lowest BCUT2D eigenvalue weighted by molar-refractivity contribution is -0.121. The second kappa shape index (κ2) is 9.66. The number of anilines is 2. The number of carbonyl (C=O) groups excluding carboxylic acids is 2. The molecule has 8 nitrogen and oxygen atoms in total. The summed E-state index contributed by atoms with van der Waals surface area (Å²) in [4.78, 5) is 26.7. The molecular weight excluding hydrogens is 438 g/mol. The van der Waals surface area contributed by atoms with E-state index in [1.807, 2.05) is 67.1 Å². The van der Waals surface area contributed by atoms with Crippen molar-refractivity contribution in [1.29, 1.82) is 0 Å². The highest BCUT2D eigenvalue weighted by atomic mass is 32.2. The Kier molecular flexibility index (Phi) is 6.69. The van der Waals surface area contributed by atoms with Crippen molar-refractivity contribution in [2.45, 2.75) is 37.9 Å². The molecule has 2 aromatic carbocycles. The smallest absolute Gasteiger partial charge is 0.265 e. The van der Waals surface area contributed by atoms with Crippen molar-refractivity contribution in [3.05, 3.63) is 59.9 Å². The summed E-state index contributed by atoms with van der Waals surface area (Å²) in [6.07, 6.45) is 0. The summed E-state index contributed by atoms with van der Waals surface area (Å²) in [5.41, 5.74) is 2.70. The van der Waals surface area contributed by atoms with E-state index in [-0.39, 0.29) is 30.2 Å². The standard InChI is InChI=1S/C24H27N5O3S/c1-15(2)17-9-11-18(12-10-17)25-21(30)14-33-24-27-26-23(28(24)4)16(3)29-19-7-5-6-8-20(19)32-13-22(29)31/h5-12,15-16H,13-14H2,1-4H3,(H,25,30)/t16-/m0/s1. The Labute approximate surface area is 197 Å². The number of rotatable bonds is 7. The molecule has 0 radical (unpaired) electrons. The summed E-state index contributed by atoms with van der Waals surface area (Å²) in [5, 5.41) is 12.1. The average Bonchev–Trinajstić information content (AvgIpc) is 3.18. The molecule has 1 atom stereocenters. The average molecular weight is 466 g/mol. The van der Waals surface area contributed by atoms with Crippen LogP contribution in [0.5, 0.6) is 5.75 Å². The van der Waals surface area contributed by atoms with Crippen LogP contribution in [0.1, 0.15) is 44.1 Å². The fourth-order valence-corrected chi connectivity index (χ4v) is 4.47. The Hall–Kier alpha value is -3.33. The molecule has 2 heterocycles. The molecule has 4 rings (SSSR count). The van der Waals surface area contributed by atoms with Crippen molar-refractivity contribution in [2.24, 2.45) is 7.05 Å². The van der Waals surface area contributed by atoms with Gasteiger partial charge in [0.15, 0.2) is 17.6 Å². The highest BCUT2D eigenvalue weighted by Crippen LogP contribution is 2.37. The normalized spacial score (nSPS) is 14.1. The summed E-state index contributed by atoms with van der Waals surface area (Å²) in [7, 11) is 1.84. The number of aromatic nitrogens is 3. The summed E-state index contributed by atoms with van der Waals surface area (Å²) in [6.45, 7) is 6.16. The monoisotopic (exact) mass is 465 g/mol. The topological polar surface area (TPSA) is 89.3 Å². The Bertz CT molecular complexity index is 1160. The largest absolute Gasteiger partial charge is 0.482 e. The van der Waals surface area contributed by atoms with Gasteiger partial charge in [-0.05, 0) is 42.7 Å². The molecule has 0 saturated heterocycles. The molecule has 1 N–H and O–H groups in total. The van der Waals surface area contributed by atoms with Gasteiger partial charge < -0.3 is 14.6 Å². The summed E-state index contributed by atoms with van der Waals surface area (Å²) in [6, 6.07) is 15.0. The number of amides is 2. The Balaban J connectivity index is 1.42. The number of fused-ring (bicyclic) bond motifs is 1. The van der Waals surface area contributed by atoms with Crippen molar-refractivity contribution >= 4 is 35.0 Å². The van der Waals surface area contributed by atoms with Crippen molar-refractivity contribution in [1.82, 2.24) is 14.8 Å². The highest BCUT2D eigenvalue weighted by molar-refractivity contribution is 7.99. The van der Waals surface area contributed by atoms with Crippen LogP contribution < -0.4 is 15.0 Å². The molecule has 0 aliphatic carbocycles. The van der Waals surface area contributed by atoms with E-state index in [1.54, 1.807) is 4.90 Å². The quantitative estimate of drug-likeness (QED) is 0.527. The first-order valence-corrected chi connectivity index (χ1v) is 11.8. The van der Waals surface area contributed by atoms with E-state index in [4.69, 9.17) is 4.74 Å². The van der Waals surface area contributed by atoms with Gasteiger partial charge in [-0.15, -0.1) is 10.2 Å². The van der Waals surface area contributed by atoms with E-state index >= 15 is 0 Å². The van der Waals surface area contributed by atoms with Gasteiger partial charge in [-0.25, -0.2) is 0 Å². The number of nitrogens with zero attached hydrogens (tertiary/aromatic N) is 4. The van der Waals surface area contributed by atoms with Crippen LogP contribution in [0.25, 0.3) is 0 Å². The van der Waals surface area contributed by atoms with Gasteiger partial charge >= 0.3 is 0 Å². The first kappa shape index (κ1) is 22.8. The molecule has 1 aliphatic heterocycles. The van der Waals surface area contributed by atoms with E-state index in [1.165, 1.54) is 17.3 Å². The molecule has 1 aromatic heterocycles. The Morgan fingerprint density at radius 1 is 1.12 bits per heavy atom. The molecule has 2 amide bonds. The lowest BCUT2D eigenvalue weighted by Crippen LogP contribution is -2.41. The van der Waals surface area contributed by atoms with E-state index in [9.17, 15) is 9.59 Å². The number of carbonyl (C=O) groups is 2. The van der Waals surface area contributed by atoms with Gasteiger partial charge in [0.25, 0.3) is 5.91 Å². The minimum absolute atomic E-state index is 0.0148. The fourth-order valence-electron chi connectivity index (χ4n) is 3.76. The van der Waals surface area contributed by atoms with Crippen LogP contribution >= 0.6 is 11.8 Å². The van der Waals surface area contributed by atoms with E-state index in [0.29, 0.717) is 28.3 Å². The van der Waals surface area contributed by atoms with Crippen LogP contribution in [0, 0.1) is 0 Å². The molecule has 0 spiro atoms. The zero-order valence-electron chi connectivity index (χ0n) is 19.1. The number of thioether (sulfide) groups is 1. The molecule has 33 heavy (non-hydrogen) atoms. The third-order valence-electron chi connectivity index (χ3n) is 5.57. The van der Waals surface area contributed by atoms with Crippen molar-refractivity contribution in [2.75, 3.05) is 22.6 Å². The Morgan fingerprint density at radius 2 is 1.85 bits per heavy atom. The minimum Gasteiger partial charge on any atom is -0.482 e. The van der Waals surface area contributed by atoms with Crippen LogP contribution in [0.15, 0.2) is 53.7 Å². The molecule has 0 unspecified atom stereocenters. The van der Waals surface area contributed by atoms with E-state index in [0.717, 1.165) is 5.69 Å². The van der Waals surface area contributed by atoms with Crippen LogP contribution in [0.2, 0.25) is 0 Å². The molecule has 9 heteroatoms. The van der Waals surface area contributed by atoms with Gasteiger partial charge in [0.2, 0.25) is 5.91 Å². The van der Waals surface area contributed by atoms with Gasteiger partial charge in [-0.2, -0.15) is 0 Å². The van der Waals surface area contributed by atoms with Gasteiger partial charge in [0.05, 0.1) is 17.5 Å². The minimum atomic E-state index is -0.345. The van der Waals surface area contributed by atoms with Gasteiger partial charge in [-0.1, -0.05) is 49.9 Å². The second-order valence-electron chi connectivity index (χ2n) is 8.21. The zero-order valence-corrected chi connectivity index (χ0v) is 19.9. The van der Waals surface area contributed by atoms with Crippen LogP contribution in [0.4, 0.5) is 11.4 Å². The molecule has 0 bridgehead atoms. The first-order valence-electron chi connectivity index (χ1n) is 10.8. The molecular formula is C24H27N5O3S. The Morgan fingerprint density at radius 3 is 2.58 bits per heavy atom. The fraction of sp³-hybridized carbons (Fsp3) is 0.333. The molecule has 172 valence electrons. The molecule has 0 saturated carbocycles. The molecule has 0 fully saturated rings. The van der Waals surface area contributed by atoms with Gasteiger partial charge in [-0.3, -0.25) is 14.5 Å². The predicted molar refractivity (Wildman–Crippen MR) is 129 cm³/mol. The number of hydrogen-bond acceptors (Lipinski definition) is 6. The van der Waals surface area contributed by atoms with Gasteiger partial charge in [0, 0.05) is 12.7 Å². The predicted octanol–water partition coefficient (Wildman–Crippen LogP) is 4.16. The maximum Gasteiger partial charge on any atom is 0.265 e. The number of hydrogen-bond donors (Lipinski definition) is 1. The van der Waals surface area contributed by atoms with Crippen molar-refractivity contribution in [3.8, 4) is 5.75 Å². The second-order valence-corrected chi connectivity index (χ2v) is 9.15. The van der Waals surface area contributed by atoms with Crippen LogP contribution in [-0.4, -0.2) is 38.9 Å². The maximum atomic E-state index is 12.6. The van der Waals surface area contributed by atoms with Crippen LogP contribution in [-0.2, 0) is 16.6 Å². The third kappa shape index (κ3) is 4.88. The SMILES string of the molecule is CC(C)c1ccc(NC(=O)CSc2nnc([C@H](C)N3C(=O)COc4ccccc43)n2C)cc1. The van der Waals surface area contributed by atoms with E-state index < -0.39 is 0 Å². The lowest BCUT2D eigenvalue weighted by Gasteiger charge is -2.33. The molecule has 3 aromatic rings. The summed E-state index contributed by atoms with van der Waals surface area (Å²) < 4.78 is 7.36. The van der Waals surface area contributed by atoms with E-state index in [2.05, 4.69) is 29.4 Å². The number of nitrogens with one attached hydrogen (secondary N) is 1. The number of para-hydroxylation sites is 2. The number of benzene rings is 2. The maximum absolute atomic E-state index is 12.6. The highest BCUT2D eigenvalue weighted by Gasteiger charge is 2.32. The first-order chi connectivity index (χ1) is 15.8. The van der Waals surface area contributed by atoms with Crippen molar-refractivity contribution < 1.29 is 14.3 Å². The summed E-state index contributed by atoms with van der Waals surface area (Å²) >= 11 is 1.30. The summed E-state index contributed by atoms with van der Waals surface area (Å²) in [5.74, 6) is 1.68.